The van der Waals surface area contributed by atoms with E-state index in [0.29, 0.717) is 5.92 Å². The van der Waals surface area contributed by atoms with Gasteiger partial charge in [0.15, 0.2) is 0 Å². The third-order valence-corrected chi connectivity index (χ3v) is 11.2. The molecule has 1 unspecified atom stereocenters. The first kappa shape index (κ1) is 36.8. The minimum atomic E-state index is 0.0374. The van der Waals surface area contributed by atoms with E-state index >= 15 is 0 Å². The van der Waals surface area contributed by atoms with Crippen molar-refractivity contribution in [2.45, 2.75) is 114 Å². The molecule has 2 aliphatic heterocycles. The number of allylic oxidation sites excluding steroid dienone is 7. The zero-order valence-corrected chi connectivity index (χ0v) is 34.0. The third kappa shape index (κ3) is 7.11. The third-order valence-electron chi connectivity index (χ3n) is 11.2. The fraction of sp³-hybridized carbons (Fsp3) is 0.417. The quantitative estimate of drug-likeness (QED) is 0.200. The van der Waals surface area contributed by atoms with Crippen LogP contribution in [0.3, 0.4) is 0 Å². The predicted octanol–water partition coefficient (Wildman–Crippen LogP) is 12.3. The number of hydrogen-bond donors (Lipinski definition) is 0. The van der Waals surface area contributed by atoms with Crippen LogP contribution in [0.2, 0.25) is 0 Å². The number of benzene rings is 3. The highest BCUT2D eigenvalue weighted by molar-refractivity contribution is 6.93. The van der Waals surface area contributed by atoms with E-state index in [1.165, 1.54) is 67.3 Å². The Hall–Kier alpha value is -3.98. The van der Waals surface area contributed by atoms with Crippen LogP contribution < -0.4 is 20.7 Å². The van der Waals surface area contributed by atoms with E-state index in [9.17, 15) is 0 Å². The molecule has 0 radical (unpaired) electrons. The Morgan fingerprint density at radius 3 is 1.88 bits per heavy atom. The molecular formula is C48H61BN2. The van der Waals surface area contributed by atoms with Gasteiger partial charge in [0.25, 0.3) is 0 Å². The fourth-order valence-electron chi connectivity index (χ4n) is 7.94. The van der Waals surface area contributed by atoms with Gasteiger partial charge in [-0.1, -0.05) is 138 Å². The van der Waals surface area contributed by atoms with Gasteiger partial charge < -0.3 is 9.80 Å². The van der Waals surface area contributed by atoms with Gasteiger partial charge in [0, 0.05) is 34.1 Å². The van der Waals surface area contributed by atoms with E-state index in [-0.39, 0.29) is 28.4 Å². The second-order valence-corrected chi connectivity index (χ2v) is 19.3. The molecule has 0 amide bonds. The molecular weight excluding hydrogens is 615 g/mol. The van der Waals surface area contributed by atoms with E-state index in [1.54, 1.807) is 0 Å². The minimum Gasteiger partial charge on any atom is -0.312 e. The number of fused-ring (bicyclic) bond motifs is 2. The van der Waals surface area contributed by atoms with Gasteiger partial charge in [-0.2, -0.15) is 0 Å². The molecule has 3 aromatic rings. The molecule has 0 saturated heterocycles. The predicted molar refractivity (Wildman–Crippen MR) is 226 cm³/mol. The van der Waals surface area contributed by atoms with Crippen molar-refractivity contribution >= 4 is 40.4 Å². The topological polar surface area (TPSA) is 6.48 Å². The van der Waals surface area contributed by atoms with E-state index in [4.69, 9.17) is 0 Å². The summed E-state index contributed by atoms with van der Waals surface area (Å²) in [5, 5.41) is 0. The van der Waals surface area contributed by atoms with Gasteiger partial charge in [-0.25, -0.2) is 0 Å². The highest BCUT2D eigenvalue weighted by Crippen LogP contribution is 2.44. The van der Waals surface area contributed by atoms with Crippen LogP contribution >= 0.6 is 0 Å². The number of aryl methyl sites for hydroxylation is 1. The second-order valence-electron chi connectivity index (χ2n) is 19.3. The number of nitrogens with zero attached hydrogens (tertiary/aromatic N) is 2. The highest BCUT2D eigenvalue weighted by atomic mass is 15.2. The van der Waals surface area contributed by atoms with Crippen LogP contribution in [0.1, 0.15) is 113 Å². The summed E-state index contributed by atoms with van der Waals surface area (Å²) in [6.45, 7) is 32.4. The second kappa shape index (κ2) is 12.9. The van der Waals surface area contributed by atoms with Crippen molar-refractivity contribution < 1.29 is 0 Å². The Kier molecular flexibility index (Phi) is 9.31. The Bertz CT molecular complexity index is 1970. The molecule has 2 nitrogen and oxygen atoms in total. The molecule has 0 saturated carbocycles. The maximum absolute atomic E-state index is 2.56. The molecule has 0 spiro atoms. The lowest BCUT2D eigenvalue weighted by molar-refractivity contribution is 0.293. The molecule has 51 heavy (non-hydrogen) atoms. The summed E-state index contributed by atoms with van der Waals surface area (Å²) < 4.78 is 0. The molecule has 1 aliphatic carbocycles. The summed E-state index contributed by atoms with van der Waals surface area (Å²) >= 11 is 0. The summed E-state index contributed by atoms with van der Waals surface area (Å²) in [4.78, 5) is 5.07. The molecule has 2 heterocycles. The Labute approximate surface area is 310 Å². The van der Waals surface area contributed by atoms with Crippen molar-refractivity contribution in [1.29, 1.82) is 0 Å². The van der Waals surface area contributed by atoms with E-state index in [2.05, 4.69) is 204 Å². The molecule has 3 aromatic carbocycles. The summed E-state index contributed by atoms with van der Waals surface area (Å²) in [5.41, 5.74) is 16.0. The Morgan fingerprint density at radius 2 is 1.35 bits per heavy atom. The highest BCUT2D eigenvalue weighted by Gasteiger charge is 2.41. The largest absolute Gasteiger partial charge is 0.312 e. The lowest BCUT2D eigenvalue weighted by Crippen LogP contribution is -2.54. The lowest BCUT2D eigenvalue weighted by Gasteiger charge is -2.44. The summed E-state index contributed by atoms with van der Waals surface area (Å²) in [7, 11) is 0. The fourth-order valence-corrected chi connectivity index (χ4v) is 7.94. The molecule has 0 N–H and O–H groups in total. The molecule has 3 heteroatoms. The van der Waals surface area contributed by atoms with Crippen LogP contribution in [0.5, 0.6) is 0 Å². The Morgan fingerprint density at radius 1 is 0.745 bits per heavy atom. The van der Waals surface area contributed by atoms with Gasteiger partial charge in [-0.05, 0) is 124 Å². The van der Waals surface area contributed by atoms with Crippen LogP contribution in [0, 0.1) is 23.7 Å². The summed E-state index contributed by atoms with van der Waals surface area (Å²) in [5.74, 6) is 3.06. The van der Waals surface area contributed by atoms with Gasteiger partial charge in [0.05, 0.1) is 0 Å². The molecule has 1 atom stereocenters. The number of hydrogen-bond acceptors (Lipinski definition) is 2. The summed E-state index contributed by atoms with van der Waals surface area (Å²) in [6, 6.07) is 21.4. The van der Waals surface area contributed by atoms with Gasteiger partial charge in [-0.3, -0.25) is 0 Å². The van der Waals surface area contributed by atoms with Gasteiger partial charge >= 0.3 is 0 Å². The van der Waals surface area contributed by atoms with Crippen molar-refractivity contribution in [2.24, 2.45) is 16.7 Å². The molecule has 0 bridgehead atoms. The van der Waals surface area contributed by atoms with Crippen LogP contribution in [0.25, 0.3) is 0 Å². The molecule has 0 aromatic heterocycles. The number of rotatable bonds is 4. The minimum absolute atomic E-state index is 0.0374. The van der Waals surface area contributed by atoms with Crippen molar-refractivity contribution in [3.05, 3.63) is 131 Å². The average molecular weight is 677 g/mol. The summed E-state index contributed by atoms with van der Waals surface area (Å²) in [6.07, 6.45) is 15.3. The SMILES string of the molecule is C/C=C(\C=C/C1=CB2c3cc(C(C)(C)C)ccc3N(C3=CCC(C(C)(C)C)C=C3)c3cc(C)cc(c32)N1c1ccc(C(C)(C)C)cc1)C(C)(C)C. The maximum Gasteiger partial charge on any atom is 0.244 e. The smallest absolute Gasteiger partial charge is 0.244 e. The first-order valence-corrected chi connectivity index (χ1v) is 19.1. The van der Waals surface area contributed by atoms with Crippen molar-refractivity contribution in [2.75, 3.05) is 9.80 Å². The van der Waals surface area contributed by atoms with E-state index < -0.39 is 0 Å². The van der Waals surface area contributed by atoms with Crippen LogP contribution in [0.4, 0.5) is 22.7 Å². The van der Waals surface area contributed by atoms with Crippen LogP contribution in [0.15, 0.2) is 114 Å². The van der Waals surface area contributed by atoms with Crippen molar-refractivity contribution in [1.82, 2.24) is 0 Å². The van der Waals surface area contributed by atoms with Crippen LogP contribution in [-0.2, 0) is 10.8 Å². The molecule has 266 valence electrons. The molecule has 3 aliphatic rings. The first-order valence-electron chi connectivity index (χ1n) is 19.1. The lowest BCUT2D eigenvalue weighted by atomic mass is 9.37. The van der Waals surface area contributed by atoms with Crippen LogP contribution in [-0.4, -0.2) is 6.71 Å². The standard InChI is InChI=1S/C48H61BN2/c1-15-33(45(3,4)5)16-26-39-31-49-40-30-36(48(12,13)14)21-27-41(40)51(38-24-19-35(20-25-38)47(9,10)11)43-29-32(2)28-42(44(43)49)50(39)37-22-17-34(18-23-37)46(6,7)8/h15-19,21-31,35H,20H2,1-14H3/b26-16-,33-15+. The van der Waals surface area contributed by atoms with E-state index in [1.807, 2.05) is 0 Å². The van der Waals surface area contributed by atoms with Gasteiger partial charge in [-0.15, -0.1) is 0 Å². The Balaban J connectivity index is 1.63. The van der Waals surface area contributed by atoms with E-state index in [0.717, 1.165) is 6.42 Å². The van der Waals surface area contributed by atoms with Gasteiger partial charge in [0.2, 0.25) is 6.71 Å². The monoisotopic (exact) mass is 676 g/mol. The normalized spacial score (nSPS) is 18.2. The number of anilines is 4. The van der Waals surface area contributed by atoms with Gasteiger partial charge in [0.1, 0.15) is 0 Å². The van der Waals surface area contributed by atoms with Crippen molar-refractivity contribution in [3.8, 4) is 0 Å². The zero-order chi connectivity index (χ0) is 37.3. The first-order chi connectivity index (χ1) is 23.7. The van der Waals surface area contributed by atoms with Crippen molar-refractivity contribution in [3.63, 3.8) is 0 Å². The zero-order valence-electron chi connectivity index (χ0n) is 34.0. The average Bonchev–Trinajstić information content (AvgIpc) is 3.03. The molecule has 6 rings (SSSR count). The molecule has 0 fully saturated rings. The maximum atomic E-state index is 2.56.